The van der Waals surface area contributed by atoms with Crippen molar-refractivity contribution in [3.63, 3.8) is 0 Å². The molecule has 0 saturated carbocycles. The highest BCUT2D eigenvalue weighted by atomic mass is 16.3. The van der Waals surface area contributed by atoms with Crippen molar-refractivity contribution in [1.29, 1.82) is 0 Å². The van der Waals surface area contributed by atoms with Gasteiger partial charge < -0.3 is 18.6 Å². The van der Waals surface area contributed by atoms with Crippen LogP contribution in [0.15, 0.2) is 215 Å². The molecule has 0 radical (unpaired) electrons. The molecule has 0 aliphatic rings. The Labute approximate surface area is 323 Å². The SMILES string of the molecule is c1ccc(N(c2ccc(-c3ccc(N(c4ccccc4)c4ccc5c(c4)oc4ccccc45)c4ccccc34)cc2)c2ccc3c(c2)oc2ccccc23)cc1. The summed E-state index contributed by atoms with van der Waals surface area (Å²) in [5.74, 6) is 0. The van der Waals surface area contributed by atoms with E-state index in [0.29, 0.717) is 0 Å². The van der Waals surface area contributed by atoms with Gasteiger partial charge in [0.25, 0.3) is 0 Å². The summed E-state index contributed by atoms with van der Waals surface area (Å²) < 4.78 is 12.7. The van der Waals surface area contributed by atoms with E-state index in [1.54, 1.807) is 0 Å². The van der Waals surface area contributed by atoms with Crippen LogP contribution in [0, 0.1) is 0 Å². The predicted molar refractivity (Wildman–Crippen MR) is 233 cm³/mol. The second kappa shape index (κ2) is 13.1. The Morgan fingerprint density at radius 1 is 0.268 bits per heavy atom. The van der Waals surface area contributed by atoms with Gasteiger partial charge in [0, 0.05) is 67.5 Å². The van der Waals surface area contributed by atoms with E-state index >= 15 is 0 Å². The first kappa shape index (κ1) is 31.9. The van der Waals surface area contributed by atoms with Crippen molar-refractivity contribution < 1.29 is 8.83 Å². The van der Waals surface area contributed by atoms with Crippen LogP contribution in [-0.4, -0.2) is 0 Å². The molecule has 2 heterocycles. The van der Waals surface area contributed by atoms with Gasteiger partial charge in [0.05, 0.1) is 5.69 Å². The molecule has 4 heteroatoms. The molecular formula is C52H34N2O2. The topological polar surface area (TPSA) is 32.8 Å². The number of hydrogen-bond donors (Lipinski definition) is 0. The molecule has 264 valence electrons. The fourth-order valence-corrected chi connectivity index (χ4v) is 8.26. The molecule has 0 aliphatic carbocycles. The Morgan fingerprint density at radius 3 is 1.29 bits per heavy atom. The van der Waals surface area contributed by atoms with Gasteiger partial charge in [0.15, 0.2) is 0 Å². The van der Waals surface area contributed by atoms with Crippen LogP contribution in [-0.2, 0) is 0 Å². The maximum atomic E-state index is 6.36. The normalized spacial score (nSPS) is 11.6. The molecule has 56 heavy (non-hydrogen) atoms. The Morgan fingerprint density at radius 2 is 0.696 bits per heavy atom. The van der Waals surface area contributed by atoms with Gasteiger partial charge in [-0.3, -0.25) is 0 Å². The van der Waals surface area contributed by atoms with E-state index in [1.807, 2.05) is 24.3 Å². The van der Waals surface area contributed by atoms with Gasteiger partial charge >= 0.3 is 0 Å². The van der Waals surface area contributed by atoms with Crippen LogP contribution in [0.25, 0.3) is 65.8 Å². The van der Waals surface area contributed by atoms with Gasteiger partial charge in [-0.2, -0.15) is 0 Å². The number of hydrogen-bond acceptors (Lipinski definition) is 4. The number of benzene rings is 9. The second-order valence-corrected chi connectivity index (χ2v) is 14.1. The third-order valence-corrected chi connectivity index (χ3v) is 10.8. The van der Waals surface area contributed by atoms with Crippen LogP contribution in [0.2, 0.25) is 0 Å². The van der Waals surface area contributed by atoms with Crippen LogP contribution < -0.4 is 9.80 Å². The molecule has 0 aliphatic heterocycles. The maximum absolute atomic E-state index is 6.36. The van der Waals surface area contributed by atoms with Crippen LogP contribution >= 0.6 is 0 Å². The van der Waals surface area contributed by atoms with Crippen LogP contribution in [0.3, 0.4) is 0 Å². The maximum Gasteiger partial charge on any atom is 0.137 e. The first-order chi connectivity index (χ1) is 27.8. The summed E-state index contributed by atoms with van der Waals surface area (Å²) in [7, 11) is 0. The Kier molecular flexibility index (Phi) is 7.46. The van der Waals surface area contributed by atoms with Crippen molar-refractivity contribution in [3.8, 4) is 11.1 Å². The number of anilines is 6. The number of fused-ring (bicyclic) bond motifs is 7. The van der Waals surface area contributed by atoms with E-state index in [2.05, 4.69) is 192 Å². The summed E-state index contributed by atoms with van der Waals surface area (Å²) in [5.41, 5.74) is 12.2. The number of nitrogens with zero attached hydrogens (tertiary/aromatic N) is 2. The van der Waals surface area contributed by atoms with Crippen molar-refractivity contribution in [2.75, 3.05) is 9.80 Å². The molecule has 0 atom stereocenters. The molecule has 0 saturated heterocycles. The zero-order valence-electron chi connectivity index (χ0n) is 30.3. The minimum atomic E-state index is 0.868. The van der Waals surface area contributed by atoms with Crippen molar-refractivity contribution in [3.05, 3.63) is 206 Å². The fourth-order valence-electron chi connectivity index (χ4n) is 8.26. The summed E-state index contributed by atoms with van der Waals surface area (Å²) in [4.78, 5) is 4.62. The summed E-state index contributed by atoms with van der Waals surface area (Å²) in [6.45, 7) is 0. The minimum absolute atomic E-state index is 0.868. The van der Waals surface area contributed by atoms with E-state index in [1.165, 1.54) is 10.9 Å². The van der Waals surface area contributed by atoms with Gasteiger partial charge in [0.1, 0.15) is 22.3 Å². The summed E-state index contributed by atoms with van der Waals surface area (Å²) in [6, 6.07) is 72.7. The van der Waals surface area contributed by atoms with Crippen molar-refractivity contribution in [2.24, 2.45) is 0 Å². The van der Waals surface area contributed by atoms with E-state index in [-0.39, 0.29) is 0 Å². The lowest BCUT2D eigenvalue weighted by atomic mass is 9.96. The fraction of sp³-hybridized carbons (Fsp3) is 0. The van der Waals surface area contributed by atoms with Gasteiger partial charge in [-0.05, 0) is 95.4 Å². The minimum Gasteiger partial charge on any atom is -0.456 e. The van der Waals surface area contributed by atoms with Crippen molar-refractivity contribution >= 4 is 88.8 Å². The molecule has 0 unspecified atom stereocenters. The molecule has 4 nitrogen and oxygen atoms in total. The lowest BCUT2D eigenvalue weighted by Crippen LogP contribution is -2.10. The van der Waals surface area contributed by atoms with E-state index in [4.69, 9.17) is 8.83 Å². The lowest BCUT2D eigenvalue weighted by molar-refractivity contribution is 0.668. The van der Waals surface area contributed by atoms with E-state index in [9.17, 15) is 0 Å². The van der Waals surface area contributed by atoms with Gasteiger partial charge in [-0.25, -0.2) is 0 Å². The van der Waals surface area contributed by atoms with E-state index < -0.39 is 0 Å². The van der Waals surface area contributed by atoms with Gasteiger partial charge in [-0.15, -0.1) is 0 Å². The molecule has 9 aromatic carbocycles. The number of para-hydroxylation sites is 4. The lowest BCUT2D eigenvalue weighted by Gasteiger charge is -2.27. The molecule has 0 bridgehead atoms. The average Bonchev–Trinajstić information content (AvgIpc) is 3.83. The molecule has 0 spiro atoms. The van der Waals surface area contributed by atoms with Gasteiger partial charge in [-0.1, -0.05) is 115 Å². The predicted octanol–water partition coefficient (Wildman–Crippen LogP) is 15.2. The third-order valence-electron chi connectivity index (χ3n) is 10.8. The molecule has 11 aromatic rings. The first-order valence-corrected chi connectivity index (χ1v) is 18.9. The second-order valence-electron chi connectivity index (χ2n) is 14.1. The molecule has 0 fully saturated rings. The number of furan rings is 2. The Balaban J connectivity index is 1.01. The Bertz CT molecular complexity index is 3200. The largest absolute Gasteiger partial charge is 0.456 e. The quantitative estimate of drug-likeness (QED) is 0.164. The van der Waals surface area contributed by atoms with Crippen molar-refractivity contribution in [2.45, 2.75) is 0 Å². The summed E-state index contributed by atoms with van der Waals surface area (Å²) in [6.07, 6.45) is 0. The van der Waals surface area contributed by atoms with Crippen LogP contribution in [0.5, 0.6) is 0 Å². The monoisotopic (exact) mass is 718 g/mol. The van der Waals surface area contributed by atoms with Crippen molar-refractivity contribution in [1.82, 2.24) is 0 Å². The highest BCUT2D eigenvalue weighted by Gasteiger charge is 2.20. The number of rotatable bonds is 7. The third kappa shape index (κ3) is 5.31. The Hall–Kier alpha value is -7.56. The molecule has 11 rings (SSSR count). The summed E-state index contributed by atoms with van der Waals surface area (Å²) >= 11 is 0. The summed E-state index contributed by atoms with van der Waals surface area (Å²) in [5, 5.41) is 6.82. The smallest absolute Gasteiger partial charge is 0.137 e. The molecule has 0 amide bonds. The zero-order chi connectivity index (χ0) is 37.0. The molecular weight excluding hydrogens is 685 g/mol. The zero-order valence-corrected chi connectivity index (χ0v) is 30.3. The highest BCUT2D eigenvalue weighted by Crippen LogP contribution is 2.44. The van der Waals surface area contributed by atoms with Crippen LogP contribution in [0.4, 0.5) is 34.1 Å². The highest BCUT2D eigenvalue weighted by molar-refractivity contribution is 6.09. The van der Waals surface area contributed by atoms with E-state index in [0.717, 1.165) is 89.0 Å². The molecule has 0 N–H and O–H groups in total. The van der Waals surface area contributed by atoms with Gasteiger partial charge in [0.2, 0.25) is 0 Å². The van der Waals surface area contributed by atoms with Crippen LogP contribution in [0.1, 0.15) is 0 Å². The standard InChI is InChI=1S/C52H34N2O2/c1-3-13-36(14-4-1)53(39-27-29-46-44-19-9-11-21-49(44)55-51(46)33-39)38-25-23-35(24-26-38)41-31-32-48(43-18-8-7-17-42(41)43)54(37-15-5-2-6-16-37)40-28-30-47-45-20-10-12-22-50(45)56-52(47)34-40/h1-34H. The first-order valence-electron chi connectivity index (χ1n) is 18.9. The average molecular weight is 719 g/mol. The molecule has 2 aromatic heterocycles.